The van der Waals surface area contributed by atoms with Gasteiger partial charge in [0.1, 0.15) is 5.75 Å². The SMILES string of the molecule is COc1ccc(S(=O)(=O)N2CCC[C@@H]2CNC(=O)c2ccc([N+](=O)[O-])cc2)cc1. The van der Waals surface area contributed by atoms with Gasteiger partial charge in [-0.2, -0.15) is 4.31 Å². The first-order valence-electron chi connectivity index (χ1n) is 9.01. The quantitative estimate of drug-likeness (QED) is 0.543. The zero-order valence-electron chi connectivity index (χ0n) is 15.8. The molecular formula is C19H21N3O6S. The van der Waals surface area contributed by atoms with Gasteiger partial charge < -0.3 is 10.1 Å². The lowest BCUT2D eigenvalue weighted by molar-refractivity contribution is -0.384. The molecule has 1 atom stereocenters. The minimum atomic E-state index is -3.69. The molecule has 10 heteroatoms. The summed E-state index contributed by atoms with van der Waals surface area (Å²) in [6, 6.07) is 11.1. The summed E-state index contributed by atoms with van der Waals surface area (Å²) in [7, 11) is -2.18. The number of methoxy groups -OCH3 is 1. The molecule has 1 amide bonds. The molecule has 154 valence electrons. The first-order chi connectivity index (χ1) is 13.8. The summed E-state index contributed by atoms with van der Waals surface area (Å²) in [5.41, 5.74) is 0.173. The Hall–Kier alpha value is -2.98. The molecule has 9 nitrogen and oxygen atoms in total. The van der Waals surface area contributed by atoms with Crippen molar-refractivity contribution in [2.45, 2.75) is 23.8 Å². The molecule has 0 radical (unpaired) electrons. The van der Waals surface area contributed by atoms with Gasteiger partial charge >= 0.3 is 0 Å². The minimum Gasteiger partial charge on any atom is -0.497 e. The van der Waals surface area contributed by atoms with Gasteiger partial charge in [0.05, 0.1) is 16.9 Å². The van der Waals surface area contributed by atoms with Crippen LogP contribution in [0.15, 0.2) is 53.4 Å². The number of carbonyl (C=O) groups excluding carboxylic acids is 1. The van der Waals surface area contributed by atoms with Crippen LogP contribution in [0, 0.1) is 10.1 Å². The van der Waals surface area contributed by atoms with Crippen molar-refractivity contribution in [1.29, 1.82) is 0 Å². The molecule has 0 aliphatic carbocycles. The molecule has 1 N–H and O–H groups in total. The second-order valence-corrected chi connectivity index (χ2v) is 8.49. The van der Waals surface area contributed by atoms with Crippen LogP contribution in [0.5, 0.6) is 5.75 Å². The Kier molecular flexibility index (Phi) is 6.14. The van der Waals surface area contributed by atoms with Crippen LogP contribution >= 0.6 is 0 Å². The first-order valence-corrected chi connectivity index (χ1v) is 10.5. The number of ether oxygens (including phenoxy) is 1. The van der Waals surface area contributed by atoms with Gasteiger partial charge in [0.25, 0.3) is 11.6 Å². The highest BCUT2D eigenvalue weighted by molar-refractivity contribution is 7.89. The molecule has 1 aliphatic rings. The maximum absolute atomic E-state index is 13.0. The first kappa shape index (κ1) is 20.7. The Morgan fingerprint density at radius 1 is 1.21 bits per heavy atom. The lowest BCUT2D eigenvalue weighted by Gasteiger charge is -2.24. The van der Waals surface area contributed by atoms with Gasteiger partial charge in [0.2, 0.25) is 10.0 Å². The third-order valence-corrected chi connectivity index (χ3v) is 6.79. The van der Waals surface area contributed by atoms with Crippen LogP contribution in [0.3, 0.4) is 0 Å². The predicted molar refractivity (Wildman–Crippen MR) is 105 cm³/mol. The summed E-state index contributed by atoms with van der Waals surface area (Å²) in [4.78, 5) is 22.7. The van der Waals surface area contributed by atoms with Crippen LogP contribution < -0.4 is 10.1 Å². The van der Waals surface area contributed by atoms with E-state index in [1.807, 2.05) is 0 Å². The monoisotopic (exact) mass is 419 g/mol. The third-order valence-electron chi connectivity index (χ3n) is 4.83. The van der Waals surface area contributed by atoms with E-state index < -0.39 is 20.9 Å². The Morgan fingerprint density at radius 2 is 1.86 bits per heavy atom. The second kappa shape index (κ2) is 8.58. The lowest BCUT2D eigenvalue weighted by Crippen LogP contribution is -2.43. The molecule has 0 spiro atoms. The zero-order valence-corrected chi connectivity index (χ0v) is 16.6. The standard InChI is InChI=1S/C19H21N3O6S/c1-28-17-8-10-18(11-9-17)29(26,27)21-12-2-3-16(21)13-20-19(23)14-4-6-15(7-5-14)22(24)25/h4-11,16H,2-3,12-13H2,1H3,(H,20,23)/t16-/m1/s1. The number of amides is 1. The van der Waals surface area contributed by atoms with Gasteiger partial charge in [0, 0.05) is 36.8 Å². The van der Waals surface area contributed by atoms with E-state index in [1.165, 1.54) is 47.8 Å². The average Bonchev–Trinajstić information content (AvgIpc) is 3.21. The van der Waals surface area contributed by atoms with Crippen LogP contribution in [-0.4, -0.2) is 49.8 Å². The highest BCUT2D eigenvalue weighted by Gasteiger charge is 2.35. The van der Waals surface area contributed by atoms with Crippen molar-refractivity contribution in [3.63, 3.8) is 0 Å². The van der Waals surface area contributed by atoms with E-state index in [1.54, 1.807) is 12.1 Å². The number of sulfonamides is 1. The molecule has 0 saturated carbocycles. The average molecular weight is 419 g/mol. The molecular weight excluding hydrogens is 398 g/mol. The fourth-order valence-corrected chi connectivity index (χ4v) is 4.95. The maximum Gasteiger partial charge on any atom is 0.269 e. The molecule has 1 aliphatic heterocycles. The lowest BCUT2D eigenvalue weighted by atomic mass is 10.2. The molecule has 2 aromatic rings. The zero-order chi connectivity index (χ0) is 21.0. The molecule has 0 aromatic heterocycles. The van der Waals surface area contributed by atoms with Gasteiger partial charge in [-0.1, -0.05) is 0 Å². The number of rotatable bonds is 7. The molecule has 1 fully saturated rings. The number of nitrogens with one attached hydrogen (secondary N) is 1. The fourth-order valence-electron chi connectivity index (χ4n) is 3.26. The summed E-state index contributed by atoms with van der Waals surface area (Å²) in [5, 5.41) is 13.4. The van der Waals surface area contributed by atoms with E-state index in [0.29, 0.717) is 25.1 Å². The van der Waals surface area contributed by atoms with E-state index in [2.05, 4.69) is 5.32 Å². The van der Waals surface area contributed by atoms with Crippen molar-refractivity contribution in [2.75, 3.05) is 20.2 Å². The molecule has 0 unspecified atom stereocenters. The molecule has 3 rings (SSSR count). The number of nitro groups is 1. The Balaban J connectivity index is 1.67. The van der Waals surface area contributed by atoms with Gasteiger partial charge in [-0.25, -0.2) is 8.42 Å². The number of nitro benzene ring substituents is 1. The smallest absolute Gasteiger partial charge is 0.269 e. The van der Waals surface area contributed by atoms with E-state index in [0.717, 1.165) is 0 Å². The Bertz CT molecular complexity index is 990. The second-order valence-electron chi connectivity index (χ2n) is 6.60. The molecule has 2 aromatic carbocycles. The van der Waals surface area contributed by atoms with Crippen LogP contribution in [0.4, 0.5) is 5.69 Å². The summed E-state index contributed by atoms with van der Waals surface area (Å²) >= 11 is 0. The normalized spacial score (nSPS) is 17.1. The van der Waals surface area contributed by atoms with Crippen LogP contribution in [-0.2, 0) is 10.0 Å². The van der Waals surface area contributed by atoms with Crippen LogP contribution in [0.25, 0.3) is 0 Å². The highest BCUT2D eigenvalue weighted by Crippen LogP contribution is 2.27. The maximum atomic E-state index is 13.0. The van der Waals surface area contributed by atoms with E-state index in [-0.39, 0.29) is 28.7 Å². The third kappa shape index (κ3) is 4.54. The summed E-state index contributed by atoms with van der Waals surface area (Å²) < 4.78 is 32.4. The highest BCUT2D eigenvalue weighted by atomic mass is 32.2. The minimum absolute atomic E-state index is 0.103. The van der Waals surface area contributed by atoms with Crippen molar-refractivity contribution >= 4 is 21.6 Å². The number of benzene rings is 2. The van der Waals surface area contributed by atoms with Gasteiger partial charge in [0.15, 0.2) is 0 Å². The van der Waals surface area contributed by atoms with Crippen molar-refractivity contribution in [3.05, 3.63) is 64.2 Å². The van der Waals surface area contributed by atoms with E-state index in [4.69, 9.17) is 4.74 Å². The van der Waals surface area contributed by atoms with Gasteiger partial charge in [-0.05, 0) is 49.2 Å². The largest absolute Gasteiger partial charge is 0.497 e. The number of hydrogen-bond acceptors (Lipinski definition) is 6. The fraction of sp³-hybridized carbons (Fsp3) is 0.316. The number of non-ortho nitro benzene ring substituents is 1. The number of hydrogen-bond donors (Lipinski definition) is 1. The van der Waals surface area contributed by atoms with E-state index >= 15 is 0 Å². The number of nitrogens with zero attached hydrogens (tertiary/aromatic N) is 2. The summed E-state index contributed by atoms with van der Waals surface area (Å²) in [6.45, 7) is 0.539. The number of carbonyl (C=O) groups is 1. The van der Waals surface area contributed by atoms with Crippen molar-refractivity contribution in [2.24, 2.45) is 0 Å². The van der Waals surface area contributed by atoms with Crippen LogP contribution in [0.1, 0.15) is 23.2 Å². The predicted octanol–water partition coefficient (Wildman–Crippen LogP) is 2.19. The summed E-state index contributed by atoms with van der Waals surface area (Å²) in [6.07, 6.45) is 1.34. The van der Waals surface area contributed by atoms with E-state index in [9.17, 15) is 23.3 Å². The Morgan fingerprint density at radius 3 is 2.45 bits per heavy atom. The van der Waals surface area contributed by atoms with Gasteiger partial charge in [-0.15, -0.1) is 0 Å². The van der Waals surface area contributed by atoms with Crippen molar-refractivity contribution < 1.29 is 22.9 Å². The topological polar surface area (TPSA) is 119 Å². The van der Waals surface area contributed by atoms with Gasteiger partial charge in [-0.3, -0.25) is 14.9 Å². The molecule has 0 bridgehead atoms. The molecule has 29 heavy (non-hydrogen) atoms. The molecule has 1 heterocycles. The Labute approximate surface area is 168 Å². The van der Waals surface area contributed by atoms with Crippen molar-refractivity contribution in [3.8, 4) is 5.75 Å². The van der Waals surface area contributed by atoms with Crippen LogP contribution in [0.2, 0.25) is 0 Å². The van der Waals surface area contributed by atoms with Crippen molar-refractivity contribution in [1.82, 2.24) is 9.62 Å². The molecule has 1 saturated heterocycles. The summed E-state index contributed by atoms with van der Waals surface area (Å²) in [5.74, 6) is 0.158.